The summed E-state index contributed by atoms with van der Waals surface area (Å²) in [4.78, 5) is 16.4. The molecule has 1 heterocycles. The summed E-state index contributed by atoms with van der Waals surface area (Å²) in [5, 5.41) is 11.4. The van der Waals surface area contributed by atoms with Gasteiger partial charge in [0.05, 0.1) is 30.0 Å². The minimum atomic E-state index is -0.501. The highest BCUT2D eigenvalue weighted by atomic mass is 79.9. The van der Waals surface area contributed by atoms with Crippen molar-refractivity contribution in [1.29, 1.82) is 5.26 Å². The van der Waals surface area contributed by atoms with E-state index in [2.05, 4.69) is 20.9 Å². The normalized spacial score (nSPS) is 10.2. The van der Waals surface area contributed by atoms with Crippen LogP contribution in [0.1, 0.15) is 11.3 Å². The van der Waals surface area contributed by atoms with Gasteiger partial charge in [0.2, 0.25) is 0 Å². The van der Waals surface area contributed by atoms with E-state index in [-0.39, 0.29) is 13.2 Å². The molecule has 0 saturated carbocycles. The number of aromatic nitrogens is 1. The Kier molecular flexibility index (Phi) is 6.63. The molecule has 3 aromatic rings. The van der Waals surface area contributed by atoms with Crippen molar-refractivity contribution in [1.82, 2.24) is 4.98 Å². The largest absolute Gasteiger partial charge is 0.496 e. The molecule has 0 aliphatic carbocycles. The smallest absolute Gasteiger partial charge is 0.344 e. The fraction of sp³-hybridized carbons (Fsp3) is 0.150. The molecule has 0 aliphatic heterocycles. The Labute approximate surface area is 174 Å². The van der Waals surface area contributed by atoms with Crippen LogP contribution in [0.5, 0.6) is 11.5 Å². The first kappa shape index (κ1) is 19.9. The van der Waals surface area contributed by atoms with Crippen molar-refractivity contribution < 1.29 is 19.0 Å². The van der Waals surface area contributed by atoms with Crippen LogP contribution in [0, 0.1) is 11.3 Å². The molecule has 142 valence electrons. The van der Waals surface area contributed by atoms with Crippen LogP contribution in [0.15, 0.2) is 52.3 Å². The van der Waals surface area contributed by atoms with Crippen molar-refractivity contribution >= 4 is 33.2 Å². The third-order valence-corrected chi connectivity index (χ3v) is 5.08. The summed E-state index contributed by atoms with van der Waals surface area (Å²) in [5.74, 6) is 0.713. The highest BCUT2D eigenvalue weighted by molar-refractivity contribution is 9.10. The van der Waals surface area contributed by atoms with Gasteiger partial charge in [0.25, 0.3) is 0 Å². The van der Waals surface area contributed by atoms with Crippen LogP contribution < -0.4 is 9.47 Å². The van der Waals surface area contributed by atoms with E-state index in [1.165, 1.54) is 11.3 Å². The molecular formula is C20H15BrN2O4S. The number of benzene rings is 2. The number of nitrogens with zero attached hydrogens (tertiary/aromatic N) is 2. The van der Waals surface area contributed by atoms with E-state index in [4.69, 9.17) is 19.5 Å². The van der Waals surface area contributed by atoms with E-state index in [9.17, 15) is 4.79 Å². The first-order valence-corrected chi connectivity index (χ1v) is 9.83. The number of hydrogen-bond donors (Lipinski definition) is 0. The van der Waals surface area contributed by atoms with E-state index in [1.54, 1.807) is 31.4 Å². The molecule has 0 fully saturated rings. The topological polar surface area (TPSA) is 81.4 Å². The molecule has 2 aromatic carbocycles. The zero-order valence-corrected chi connectivity index (χ0v) is 17.2. The number of nitriles is 1. The summed E-state index contributed by atoms with van der Waals surface area (Å²) in [7, 11) is 1.61. The number of carbonyl (C=O) groups excluding carboxylic acids is 1. The lowest BCUT2D eigenvalue weighted by molar-refractivity contribution is -0.147. The van der Waals surface area contributed by atoms with Crippen molar-refractivity contribution in [3.63, 3.8) is 0 Å². The Morgan fingerprint density at radius 3 is 2.75 bits per heavy atom. The van der Waals surface area contributed by atoms with E-state index in [0.717, 1.165) is 20.8 Å². The molecule has 0 amide bonds. The minimum absolute atomic E-state index is 0.0579. The van der Waals surface area contributed by atoms with Crippen LogP contribution in [-0.4, -0.2) is 24.7 Å². The summed E-state index contributed by atoms with van der Waals surface area (Å²) in [6, 6.07) is 14.2. The summed E-state index contributed by atoms with van der Waals surface area (Å²) < 4.78 is 16.9. The second kappa shape index (κ2) is 9.35. The quantitative estimate of drug-likeness (QED) is 0.482. The van der Waals surface area contributed by atoms with Crippen molar-refractivity contribution in [3.8, 4) is 28.1 Å². The first-order valence-electron chi connectivity index (χ1n) is 8.16. The Bertz CT molecular complexity index is 1010. The number of halogens is 1. The van der Waals surface area contributed by atoms with Crippen LogP contribution >= 0.6 is 27.3 Å². The van der Waals surface area contributed by atoms with E-state index >= 15 is 0 Å². The number of esters is 1. The Morgan fingerprint density at radius 2 is 2.04 bits per heavy atom. The third-order valence-electron chi connectivity index (χ3n) is 3.66. The van der Waals surface area contributed by atoms with Crippen molar-refractivity contribution in [2.45, 2.75) is 6.61 Å². The van der Waals surface area contributed by atoms with E-state index in [1.807, 2.05) is 29.6 Å². The minimum Gasteiger partial charge on any atom is -0.496 e. The maximum atomic E-state index is 11.9. The van der Waals surface area contributed by atoms with Gasteiger partial charge in [-0.15, -0.1) is 11.3 Å². The fourth-order valence-corrected chi connectivity index (χ4v) is 3.49. The average molecular weight is 459 g/mol. The van der Waals surface area contributed by atoms with Gasteiger partial charge < -0.3 is 14.2 Å². The maximum Gasteiger partial charge on any atom is 0.344 e. The molecule has 6 nitrogen and oxygen atoms in total. The molecule has 3 rings (SSSR count). The maximum absolute atomic E-state index is 11.9. The molecule has 8 heteroatoms. The lowest BCUT2D eigenvalue weighted by Crippen LogP contribution is -2.14. The Balaban J connectivity index is 1.55. The number of methoxy groups -OCH3 is 1. The van der Waals surface area contributed by atoms with E-state index < -0.39 is 5.97 Å². The van der Waals surface area contributed by atoms with Gasteiger partial charge in [-0.3, -0.25) is 0 Å². The zero-order valence-electron chi connectivity index (χ0n) is 14.8. The Hall–Kier alpha value is -2.89. The number of carbonyl (C=O) groups is 1. The molecule has 28 heavy (non-hydrogen) atoms. The summed E-state index contributed by atoms with van der Waals surface area (Å²) in [5.41, 5.74) is 2.04. The molecule has 1 aromatic heterocycles. The lowest BCUT2D eigenvalue weighted by atomic mass is 10.2. The van der Waals surface area contributed by atoms with Gasteiger partial charge in [-0.05, 0) is 42.5 Å². The SMILES string of the molecule is COc1ccc(Br)cc1-c1nc(COC(=O)COc2ccc(C#N)cc2)cs1. The van der Waals surface area contributed by atoms with Crippen LogP contribution in [0.25, 0.3) is 10.6 Å². The number of hydrogen-bond acceptors (Lipinski definition) is 7. The van der Waals surface area contributed by atoms with Crippen molar-refractivity contribution in [2.75, 3.05) is 13.7 Å². The van der Waals surface area contributed by atoms with Crippen LogP contribution in [0.3, 0.4) is 0 Å². The number of ether oxygens (including phenoxy) is 3. The number of thiazole rings is 1. The molecule has 0 aliphatic rings. The molecule has 0 N–H and O–H groups in total. The van der Waals surface area contributed by atoms with Gasteiger partial charge in [-0.1, -0.05) is 15.9 Å². The zero-order chi connectivity index (χ0) is 19.9. The standard InChI is InChI=1S/C20H15BrN2O4S/c1-25-18-7-4-14(21)8-17(18)20-23-15(12-28-20)10-27-19(24)11-26-16-5-2-13(9-22)3-6-16/h2-8,12H,10-11H2,1H3. The summed E-state index contributed by atoms with van der Waals surface area (Å²) >= 11 is 4.89. The lowest BCUT2D eigenvalue weighted by Gasteiger charge is -2.07. The highest BCUT2D eigenvalue weighted by Crippen LogP contribution is 2.34. The second-order valence-corrected chi connectivity index (χ2v) is 7.35. The van der Waals surface area contributed by atoms with Crippen molar-refractivity contribution in [3.05, 3.63) is 63.6 Å². The predicted molar refractivity (Wildman–Crippen MR) is 108 cm³/mol. The fourth-order valence-electron chi connectivity index (χ4n) is 2.31. The molecule has 0 saturated heterocycles. The van der Waals surface area contributed by atoms with Gasteiger partial charge in [0.15, 0.2) is 6.61 Å². The monoisotopic (exact) mass is 458 g/mol. The van der Waals surface area contributed by atoms with Crippen LogP contribution in [0.2, 0.25) is 0 Å². The first-order chi connectivity index (χ1) is 13.6. The third kappa shape index (κ3) is 5.09. The van der Waals surface area contributed by atoms with Gasteiger partial charge in [0.1, 0.15) is 23.1 Å². The van der Waals surface area contributed by atoms with Gasteiger partial charge in [0, 0.05) is 9.85 Å². The van der Waals surface area contributed by atoms with Crippen molar-refractivity contribution in [2.24, 2.45) is 0 Å². The molecule has 0 radical (unpaired) electrons. The molecular weight excluding hydrogens is 444 g/mol. The van der Waals surface area contributed by atoms with Crippen LogP contribution in [0.4, 0.5) is 0 Å². The molecule has 0 spiro atoms. The average Bonchev–Trinajstić information content (AvgIpc) is 3.20. The van der Waals surface area contributed by atoms with Crippen LogP contribution in [-0.2, 0) is 16.1 Å². The number of rotatable bonds is 7. The molecule has 0 atom stereocenters. The van der Waals surface area contributed by atoms with Gasteiger partial charge >= 0.3 is 5.97 Å². The summed E-state index contributed by atoms with van der Waals surface area (Å²) in [6.45, 7) is -0.162. The Morgan fingerprint density at radius 1 is 1.25 bits per heavy atom. The summed E-state index contributed by atoms with van der Waals surface area (Å²) in [6.07, 6.45) is 0. The molecule has 0 unspecified atom stereocenters. The van der Waals surface area contributed by atoms with Gasteiger partial charge in [-0.25, -0.2) is 9.78 Å². The van der Waals surface area contributed by atoms with E-state index in [0.29, 0.717) is 17.0 Å². The van der Waals surface area contributed by atoms with Gasteiger partial charge in [-0.2, -0.15) is 5.26 Å². The second-order valence-electron chi connectivity index (χ2n) is 5.57. The predicted octanol–water partition coefficient (Wildman–Crippen LogP) is 4.58. The highest BCUT2D eigenvalue weighted by Gasteiger charge is 2.12. The molecule has 0 bridgehead atoms.